The molecule has 0 spiro atoms. The molecule has 126 valence electrons. The molecule has 0 bridgehead atoms. The lowest BCUT2D eigenvalue weighted by Crippen LogP contribution is -2.15. The number of anilines is 2. The summed E-state index contributed by atoms with van der Waals surface area (Å²) in [6.45, 7) is 2.64. The molecule has 0 saturated heterocycles. The van der Waals surface area contributed by atoms with Crippen LogP contribution in [-0.2, 0) is 6.54 Å². The van der Waals surface area contributed by atoms with Crippen molar-refractivity contribution in [2.45, 2.75) is 13.5 Å². The number of amides is 1. The van der Waals surface area contributed by atoms with Crippen molar-refractivity contribution in [2.75, 3.05) is 10.6 Å². The first-order valence-electron chi connectivity index (χ1n) is 7.79. The van der Waals surface area contributed by atoms with E-state index in [0.717, 1.165) is 5.56 Å². The van der Waals surface area contributed by atoms with Gasteiger partial charge in [0, 0.05) is 6.54 Å². The van der Waals surface area contributed by atoms with E-state index in [1.807, 2.05) is 31.2 Å². The molecule has 0 unspecified atom stereocenters. The van der Waals surface area contributed by atoms with Crippen LogP contribution in [0.15, 0.2) is 60.9 Å². The van der Waals surface area contributed by atoms with Crippen LogP contribution in [0.2, 0.25) is 0 Å². The van der Waals surface area contributed by atoms with Gasteiger partial charge in [-0.1, -0.05) is 42.0 Å². The lowest BCUT2D eigenvalue weighted by molar-refractivity contribution is 0.102. The molecule has 25 heavy (non-hydrogen) atoms. The number of halogens is 1. The van der Waals surface area contributed by atoms with Crippen LogP contribution in [0.1, 0.15) is 21.6 Å². The number of para-hydroxylation sites is 1. The van der Waals surface area contributed by atoms with E-state index in [1.165, 1.54) is 30.1 Å². The number of aromatic nitrogens is 2. The number of nitrogens with zero attached hydrogens (tertiary/aromatic N) is 2. The highest BCUT2D eigenvalue weighted by atomic mass is 19.1. The largest absolute Gasteiger partial charge is 0.365 e. The maximum Gasteiger partial charge on any atom is 0.275 e. The minimum atomic E-state index is -0.511. The molecule has 0 aliphatic heterocycles. The Kier molecular flexibility index (Phi) is 4.99. The summed E-state index contributed by atoms with van der Waals surface area (Å²) < 4.78 is 13.6. The third-order valence-corrected chi connectivity index (χ3v) is 3.60. The number of benzene rings is 2. The van der Waals surface area contributed by atoms with E-state index in [2.05, 4.69) is 20.6 Å². The second-order valence-corrected chi connectivity index (χ2v) is 5.56. The Labute approximate surface area is 145 Å². The molecule has 5 nitrogen and oxygen atoms in total. The normalized spacial score (nSPS) is 10.3. The highest BCUT2D eigenvalue weighted by Crippen LogP contribution is 2.13. The van der Waals surface area contributed by atoms with Crippen molar-refractivity contribution >= 4 is 17.4 Å². The maximum absolute atomic E-state index is 13.6. The first-order valence-corrected chi connectivity index (χ1v) is 7.79. The van der Waals surface area contributed by atoms with Crippen LogP contribution in [0.4, 0.5) is 15.9 Å². The van der Waals surface area contributed by atoms with Crippen LogP contribution in [-0.4, -0.2) is 15.9 Å². The van der Waals surface area contributed by atoms with E-state index in [9.17, 15) is 9.18 Å². The van der Waals surface area contributed by atoms with Gasteiger partial charge < -0.3 is 10.6 Å². The third kappa shape index (κ3) is 4.38. The molecule has 0 aliphatic rings. The van der Waals surface area contributed by atoms with Gasteiger partial charge in [-0.15, -0.1) is 0 Å². The highest BCUT2D eigenvalue weighted by Gasteiger charge is 2.10. The van der Waals surface area contributed by atoms with Crippen molar-refractivity contribution in [1.29, 1.82) is 0 Å². The summed E-state index contributed by atoms with van der Waals surface area (Å²) in [5, 5.41) is 5.61. The number of carbonyl (C=O) groups is 1. The molecule has 2 aromatic carbocycles. The van der Waals surface area contributed by atoms with Crippen molar-refractivity contribution in [3.8, 4) is 0 Å². The summed E-state index contributed by atoms with van der Waals surface area (Å²) >= 11 is 0. The second kappa shape index (κ2) is 7.53. The molecule has 1 aromatic heterocycles. The zero-order chi connectivity index (χ0) is 17.6. The Morgan fingerprint density at radius 2 is 1.80 bits per heavy atom. The van der Waals surface area contributed by atoms with Gasteiger partial charge in [0.05, 0.1) is 18.1 Å². The number of aryl methyl sites for hydroxylation is 1. The van der Waals surface area contributed by atoms with Crippen molar-refractivity contribution in [3.05, 3.63) is 83.6 Å². The van der Waals surface area contributed by atoms with E-state index < -0.39 is 11.7 Å². The van der Waals surface area contributed by atoms with Crippen molar-refractivity contribution < 1.29 is 9.18 Å². The van der Waals surface area contributed by atoms with Crippen LogP contribution < -0.4 is 10.6 Å². The van der Waals surface area contributed by atoms with Gasteiger partial charge in [-0.2, -0.15) is 0 Å². The molecular formula is C19H17FN4O. The number of nitrogens with one attached hydrogen (secondary N) is 2. The van der Waals surface area contributed by atoms with E-state index in [4.69, 9.17) is 0 Å². The quantitative estimate of drug-likeness (QED) is 0.744. The summed E-state index contributed by atoms with van der Waals surface area (Å²) in [6, 6.07) is 14.1. The molecule has 1 amide bonds. The summed E-state index contributed by atoms with van der Waals surface area (Å²) in [5.41, 5.74) is 2.54. The standard InChI is InChI=1S/C19H17FN4O/c1-13-6-8-14(9-7-13)10-22-18-12-21-17(11-23-18)19(25)24-16-5-3-2-4-15(16)20/h2-9,11-12H,10H2,1H3,(H,22,23)(H,24,25). The molecule has 1 heterocycles. The predicted octanol–water partition coefficient (Wildman–Crippen LogP) is 3.79. The zero-order valence-electron chi connectivity index (χ0n) is 13.7. The monoisotopic (exact) mass is 336 g/mol. The van der Waals surface area contributed by atoms with Crippen LogP contribution in [0.5, 0.6) is 0 Å². The minimum Gasteiger partial charge on any atom is -0.365 e. The van der Waals surface area contributed by atoms with E-state index in [1.54, 1.807) is 12.1 Å². The van der Waals surface area contributed by atoms with E-state index in [-0.39, 0.29) is 11.4 Å². The Balaban J connectivity index is 1.60. The predicted molar refractivity (Wildman–Crippen MR) is 94.9 cm³/mol. The van der Waals surface area contributed by atoms with Gasteiger partial charge in [0.2, 0.25) is 0 Å². The first-order chi connectivity index (χ1) is 12.1. The number of rotatable bonds is 5. The first kappa shape index (κ1) is 16.6. The Morgan fingerprint density at radius 3 is 2.48 bits per heavy atom. The highest BCUT2D eigenvalue weighted by molar-refractivity contribution is 6.02. The number of carbonyl (C=O) groups excluding carboxylic acids is 1. The number of hydrogen-bond donors (Lipinski definition) is 2. The van der Waals surface area contributed by atoms with Gasteiger partial charge >= 0.3 is 0 Å². The summed E-state index contributed by atoms with van der Waals surface area (Å²) in [7, 11) is 0. The van der Waals surface area contributed by atoms with Crippen molar-refractivity contribution in [3.63, 3.8) is 0 Å². The molecule has 3 rings (SSSR count). The van der Waals surface area contributed by atoms with Crippen LogP contribution in [0.3, 0.4) is 0 Å². The fourth-order valence-electron chi connectivity index (χ4n) is 2.18. The SMILES string of the molecule is Cc1ccc(CNc2cnc(C(=O)Nc3ccccc3F)cn2)cc1. The second-order valence-electron chi connectivity index (χ2n) is 5.56. The molecule has 0 saturated carbocycles. The summed E-state index contributed by atoms with van der Waals surface area (Å²) in [6.07, 6.45) is 2.83. The minimum absolute atomic E-state index is 0.107. The van der Waals surface area contributed by atoms with Crippen molar-refractivity contribution in [1.82, 2.24) is 9.97 Å². The summed E-state index contributed by atoms with van der Waals surface area (Å²) in [4.78, 5) is 20.3. The topological polar surface area (TPSA) is 66.9 Å². The van der Waals surface area contributed by atoms with Gasteiger partial charge in [0.25, 0.3) is 5.91 Å². The average molecular weight is 336 g/mol. The van der Waals surface area contributed by atoms with Crippen molar-refractivity contribution in [2.24, 2.45) is 0 Å². The Morgan fingerprint density at radius 1 is 1.04 bits per heavy atom. The Bertz CT molecular complexity index is 863. The molecule has 0 aliphatic carbocycles. The van der Waals surface area contributed by atoms with Gasteiger partial charge in [-0.3, -0.25) is 4.79 Å². The van der Waals surface area contributed by atoms with Gasteiger partial charge in [-0.25, -0.2) is 14.4 Å². The lowest BCUT2D eigenvalue weighted by Gasteiger charge is -2.07. The van der Waals surface area contributed by atoms with Crippen LogP contribution in [0, 0.1) is 12.7 Å². The molecule has 2 N–H and O–H groups in total. The molecule has 6 heteroatoms. The fraction of sp³-hybridized carbons (Fsp3) is 0.105. The van der Waals surface area contributed by atoms with E-state index >= 15 is 0 Å². The van der Waals surface area contributed by atoms with E-state index in [0.29, 0.717) is 12.4 Å². The molecule has 3 aromatic rings. The maximum atomic E-state index is 13.6. The van der Waals surface area contributed by atoms with Crippen LogP contribution >= 0.6 is 0 Å². The number of hydrogen-bond acceptors (Lipinski definition) is 4. The Hall–Kier alpha value is -3.28. The molecule has 0 atom stereocenters. The van der Waals surface area contributed by atoms with Crippen LogP contribution in [0.25, 0.3) is 0 Å². The van der Waals surface area contributed by atoms with Gasteiger partial charge in [0.15, 0.2) is 0 Å². The lowest BCUT2D eigenvalue weighted by atomic mass is 10.1. The average Bonchev–Trinajstić information content (AvgIpc) is 2.63. The summed E-state index contributed by atoms with van der Waals surface area (Å²) in [5.74, 6) is -0.453. The van der Waals surface area contributed by atoms with Gasteiger partial charge in [-0.05, 0) is 24.6 Å². The fourth-order valence-corrected chi connectivity index (χ4v) is 2.18. The molecule has 0 fully saturated rings. The smallest absolute Gasteiger partial charge is 0.275 e. The van der Waals surface area contributed by atoms with Gasteiger partial charge in [0.1, 0.15) is 17.3 Å². The molecule has 0 radical (unpaired) electrons. The zero-order valence-corrected chi connectivity index (χ0v) is 13.7. The molecular weight excluding hydrogens is 319 g/mol. The third-order valence-electron chi connectivity index (χ3n) is 3.60.